The van der Waals surface area contributed by atoms with Crippen LogP contribution in [0.15, 0.2) is 10.4 Å². The summed E-state index contributed by atoms with van der Waals surface area (Å²) in [6.45, 7) is 9.82. The molecule has 0 atom stereocenters. The fraction of sp³-hybridized carbons (Fsp3) is 0.556. The molecule has 8 heteroatoms. The van der Waals surface area contributed by atoms with Gasteiger partial charge in [0.2, 0.25) is 11.0 Å². The van der Waals surface area contributed by atoms with Crippen LogP contribution in [0.25, 0.3) is 0 Å². The summed E-state index contributed by atoms with van der Waals surface area (Å²) in [5.41, 5.74) is 2.89. The highest BCUT2D eigenvalue weighted by Crippen LogP contribution is 2.36. The summed E-state index contributed by atoms with van der Waals surface area (Å²) in [7, 11) is 0. The minimum absolute atomic E-state index is 0.00241. The van der Waals surface area contributed by atoms with Crippen LogP contribution in [0.1, 0.15) is 61.4 Å². The lowest BCUT2D eigenvalue weighted by molar-refractivity contribution is -0.116. The molecule has 1 fully saturated rings. The maximum absolute atomic E-state index is 12.7. The zero-order chi connectivity index (χ0) is 19.0. The van der Waals surface area contributed by atoms with Gasteiger partial charge < -0.3 is 4.57 Å². The lowest BCUT2D eigenvalue weighted by Crippen LogP contribution is -2.30. The number of nitrogens with zero attached hydrogens (tertiary/aromatic N) is 4. The molecule has 0 aliphatic heterocycles. The monoisotopic (exact) mass is 392 g/mol. The van der Waals surface area contributed by atoms with E-state index in [2.05, 4.69) is 28.6 Å². The molecule has 0 N–H and O–H groups in total. The summed E-state index contributed by atoms with van der Waals surface area (Å²) in [6, 6.07) is 2.56. The Kier molecular flexibility index (Phi) is 5.53. The van der Waals surface area contributed by atoms with E-state index in [9.17, 15) is 9.59 Å². The predicted molar refractivity (Wildman–Crippen MR) is 105 cm³/mol. The van der Waals surface area contributed by atoms with Crippen LogP contribution in [0, 0.1) is 13.8 Å². The third kappa shape index (κ3) is 3.86. The second kappa shape index (κ2) is 7.52. The first-order chi connectivity index (χ1) is 12.3. The van der Waals surface area contributed by atoms with Crippen molar-refractivity contribution in [2.24, 2.45) is 0 Å². The molecule has 3 rings (SSSR count). The number of hydrogen-bond donors (Lipinski definition) is 0. The molecule has 0 unspecified atom stereocenters. The molecule has 1 saturated carbocycles. The molecule has 1 amide bonds. The molecule has 1 aliphatic carbocycles. The van der Waals surface area contributed by atoms with Crippen LogP contribution in [0.3, 0.4) is 0 Å². The normalized spacial score (nSPS) is 14.1. The molecule has 140 valence electrons. The largest absolute Gasteiger partial charge is 0.346 e. The third-order valence-corrected chi connectivity index (χ3v) is 6.54. The van der Waals surface area contributed by atoms with E-state index in [4.69, 9.17) is 0 Å². The number of carbonyl (C=O) groups is 2. The summed E-state index contributed by atoms with van der Waals surface area (Å²) in [6.07, 6.45) is 2.04. The summed E-state index contributed by atoms with van der Waals surface area (Å²) in [5.74, 6) is 0.412. The zero-order valence-electron chi connectivity index (χ0n) is 15.8. The number of ketones is 1. The second-order valence-electron chi connectivity index (χ2n) is 6.93. The van der Waals surface area contributed by atoms with Crippen LogP contribution in [0.4, 0.5) is 5.13 Å². The van der Waals surface area contributed by atoms with E-state index in [0.29, 0.717) is 16.9 Å². The van der Waals surface area contributed by atoms with Crippen molar-refractivity contribution in [3.63, 3.8) is 0 Å². The van der Waals surface area contributed by atoms with Crippen molar-refractivity contribution < 1.29 is 9.59 Å². The van der Waals surface area contributed by atoms with Crippen LogP contribution in [0.2, 0.25) is 0 Å². The molecule has 0 bridgehead atoms. The Hall–Kier alpha value is -1.67. The molecular weight excluding hydrogens is 368 g/mol. The minimum atomic E-state index is -0.00241. The molecule has 6 nitrogen and oxygen atoms in total. The topological polar surface area (TPSA) is 68.1 Å². The third-order valence-electron chi connectivity index (χ3n) is 4.48. The number of rotatable bonds is 7. The standard InChI is InChI=1S/C18H24N4O2S2/c1-10(2)21-11(3)8-15(12(21)4)16(24)9-25-18-20-19-17(26-18)22(13(5)23)14-6-7-14/h8,10,14H,6-7,9H2,1-5H3. The maximum atomic E-state index is 12.7. The van der Waals surface area contributed by atoms with Crippen molar-refractivity contribution in [3.05, 3.63) is 23.0 Å². The summed E-state index contributed by atoms with van der Waals surface area (Å²) in [4.78, 5) is 26.2. The second-order valence-corrected chi connectivity index (χ2v) is 9.11. The Balaban J connectivity index is 1.67. The molecule has 1 aliphatic rings. The summed E-state index contributed by atoms with van der Waals surface area (Å²) < 4.78 is 2.90. The van der Waals surface area contributed by atoms with Crippen molar-refractivity contribution >= 4 is 39.9 Å². The molecule has 0 aromatic carbocycles. The van der Waals surface area contributed by atoms with Crippen LogP contribution in [-0.2, 0) is 4.79 Å². The van der Waals surface area contributed by atoms with Gasteiger partial charge in [-0.2, -0.15) is 0 Å². The van der Waals surface area contributed by atoms with Gasteiger partial charge in [-0.15, -0.1) is 10.2 Å². The van der Waals surface area contributed by atoms with E-state index in [1.165, 1.54) is 23.1 Å². The number of aromatic nitrogens is 3. The summed E-state index contributed by atoms with van der Waals surface area (Å²) >= 11 is 2.77. The highest BCUT2D eigenvalue weighted by molar-refractivity contribution is 8.01. The Morgan fingerprint density at radius 1 is 1.35 bits per heavy atom. The highest BCUT2D eigenvalue weighted by Gasteiger charge is 2.34. The van der Waals surface area contributed by atoms with Gasteiger partial charge in [-0.1, -0.05) is 23.1 Å². The van der Waals surface area contributed by atoms with E-state index >= 15 is 0 Å². The summed E-state index contributed by atoms with van der Waals surface area (Å²) in [5, 5.41) is 8.93. The predicted octanol–water partition coefficient (Wildman–Crippen LogP) is 4.03. The molecule has 2 heterocycles. The molecule has 26 heavy (non-hydrogen) atoms. The number of hydrogen-bond acceptors (Lipinski definition) is 6. The van der Waals surface area contributed by atoms with Crippen molar-refractivity contribution in [2.75, 3.05) is 10.7 Å². The molecule has 2 aromatic rings. The lowest BCUT2D eigenvalue weighted by Gasteiger charge is -2.15. The van der Waals surface area contributed by atoms with Gasteiger partial charge in [-0.3, -0.25) is 14.5 Å². The van der Waals surface area contributed by atoms with E-state index in [-0.39, 0.29) is 17.7 Å². The smallest absolute Gasteiger partial charge is 0.225 e. The minimum Gasteiger partial charge on any atom is -0.346 e. The van der Waals surface area contributed by atoms with E-state index in [1.54, 1.807) is 11.8 Å². The van der Waals surface area contributed by atoms with Gasteiger partial charge in [0.05, 0.1) is 5.75 Å². The van der Waals surface area contributed by atoms with Crippen LogP contribution < -0.4 is 4.90 Å². The van der Waals surface area contributed by atoms with Gasteiger partial charge in [0.25, 0.3) is 0 Å². The molecule has 0 spiro atoms. The highest BCUT2D eigenvalue weighted by atomic mass is 32.2. The maximum Gasteiger partial charge on any atom is 0.225 e. The molecular formula is C18H24N4O2S2. The number of thioether (sulfide) groups is 1. The Bertz CT molecular complexity index is 836. The van der Waals surface area contributed by atoms with Crippen molar-refractivity contribution in [1.29, 1.82) is 0 Å². The van der Waals surface area contributed by atoms with Gasteiger partial charge in [0.15, 0.2) is 10.1 Å². The lowest BCUT2D eigenvalue weighted by atomic mass is 10.2. The van der Waals surface area contributed by atoms with Gasteiger partial charge in [0, 0.05) is 36.0 Å². The fourth-order valence-electron chi connectivity index (χ4n) is 3.30. The van der Waals surface area contributed by atoms with Crippen molar-refractivity contribution in [1.82, 2.24) is 14.8 Å². The van der Waals surface area contributed by atoms with Gasteiger partial charge in [0.1, 0.15) is 0 Å². The number of amides is 1. The molecule has 2 aromatic heterocycles. The number of aryl methyl sites for hydroxylation is 1. The van der Waals surface area contributed by atoms with E-state index in [0.717, 1.165) is 34.1 Å². The first-order valence-electron chi connectivity index (χ1n) is 8.77. The van der Waals surface area contributed by atoms with Crippen molar-refractivity contribution in [2.45, 2.75) is 63.9 Å². The Labute approximate surface area is 162 Å². The van der Waals surface area contributed by atoms with Crippen LogP contribution in [-0.4, -0.2) is 38.2 Å². The van der Waals surface area contributed by atoms with Gasteiger partial charge >= 0.3 is 0 Å². The molecule has 0 radical (unpaired) electrons. The van der Waals surface area contributed by atoms with Crippen LogP contribution in [0.5, 0.6) is 0 Å². The van der Waals surface area contributed by atoms with E-state index in [1.807, 2.05) is 19.9 Å². The van der Waals surface area contributed by atoms with E-state index < -0.39 is 0 Å². The fourth-order valence-corrected chi connectivity index (χ4v) is 5.14. The number of Topliss-reactive ketones (excluding diaryl/α,β-unsaturated/α-hetero) is 1. The number of anilines is 1. The zero-order valence-corrected chi connectivity index (χ0v) is 17.4. The SMILES string of the molecule is CC(=O)N(c1nnc(SCC(=O)c2cc(C)n(C(C)C)c2C)s1)C1CC1. The van der Waals surface area contributed by atoms with Crippen LogP contribution >= 0.6 is 23.1 Å². The Morgan fingerprint density at radius 3 is 2.58 bits per heavy atom. The quantitative estimate of drug-likeness (QED) is 0.404. The Morgan fingerprint density at radius 2 is 2.04 bits per heavy atom. The first kappa shape index (κ1) is 19.1. The van der Waals surface area contributed by atoms with Gasteiger partial charge in [-0.25, -0.2) is 0 Å². The van der Waals surface area contributed by atoms with Gasteiger partial charge in [-0.05, 0) is 46.6 Å². The molecule has 0 saturated heterocycles. The number of carbonyl (C=O) groups excluding carboxylic acids is 2. The first-order valence-corrected chi connectivity index (χ1v) is 10.6. The average molecular weight is 393 g/mol. The average Bonchev–Trinajstić information content (AvgIpc) is 3.18. The van der Waals surface area contributed by atoms with Crippen molar-refractivity contribution in [3.8, 4) is 0 Å².